The first kappa shape index (κ1) is 24.1. The van der Waals surface area contributed by atoms with Crippen LogP contribution < -0.4 is 5.32 Å². The summed E-state index contributed by atoms with van der Waals surface area (Å²) >= 11 is 11.8. The van der Waals surface area contributed by atoms with Gasteiger partial charge in [0.25, 0.3) is 0 Å². The lowest BCUT2D eigenvalue weighted by molar-refractivity contribution is -0.140. The molecule has 0 unspecified atom stereocenters. The van der Waals surface area contributed by atoms with Gasteiger partial charge in [0.15, 0.2) is 0 Å². The van der Waals surface area contributed by atoms with Gasteiger partial charge >= 0.3 is 0 Å². The molecule has 0 radical (unpaired) electrons. The number of amides is 2. The zero-order chi connectivity index (χ0) is 22.5. The van der Waals surface area contributed by atoms with Gasteiger partial charge in [-0.05, 0) is 48.9 Å². The van der Waals surface area contributed by atoms with E-state index in [1.54, 1.807) is 31.2 Å². The number of benzene rings is 2. The first-order chi connectivity index (χ1) is 14.1. The molecule has 0 aliphatic heterocycles. The number of rotatable bonds is 8. The number of hydrogen-bond donors (Lipinski definition) is 1. The summed E-state index contributed by atoms with van der Waals surface area (Å²) in [5, 5.41) is 3.41. The minimum Gasteiger partial charge on any atom is -0.357 e. The number of nitrogens with zero attached hydrogens (tertiary/aromatic N) is 2. The molecule has 0 saturated heterocycles. The van der Waals surface area contributed by atoms with Crippen molar-refractivity contribution in [2.45, 2.75) is 24.4 Å². The van der Waals surface area contributed by atoms with Gasteiger partial charge in [0.1, 0.15) is 6.04 Å². The van der Waals surface area contributed by atoms with Crippen molar-refractivity contribution in [1.82, 2.24) is 14.5 Å². The summed E-state index contributed by atoms with van der Waals surface area (Å²) in [4.78, 5) is 26.5. The Morgan fingerprint density at radius 2 is 1.70 bits per heavy atom. The SMILES string of the molecule is CNC(=O)[C@H](C)N(Cc1cccc(Cl)c1)C(=O)CN(C)S(=O)(=O)c1ccc(Cl)cc1. The summed E-state index contributed by atoms with van der Waals surface area (Å²) in [5.74, 6) is -0.889. The fourth-order valence-corrected chi connectivity index (χ4v) is 4.24. The molecule has 2 amide bonds. The Morgan fingerprint density at radius 3 is 2.27 bits per heavy atom. The van der Waals surface area contributed by atoms with E-state index in [1.807, 2.05) is 0 Å². The van der Waals surface area contributed by atoms with Crippen LogP contribution in [-0.2, 0) is 26.2 Å². The molecule has 2 aromatic rings. The van der Waals surface area contributed by atoms with Gasteiger partial charge < -0.3 is 10.2 Å². The fourth-order valence-electron chi connectivity index (χ4n) is 2.78. The summed E-state index contributed by atoms with van der Waals surface area (Å²) in [5.41, 5.74) is 0.717. The van der Waals surface area contributed by atoms with Gasteiger partial charge in [-0.25, -0.2) is 8.42 Å². The number of likely N-dealkylation sites (N-methyl/N-ethyl adjacent to an activating group) is 2. The smallest absolute Gasteiger partial charge is 0.243 e. The second-order valence-corrected chi connectivity index (χ2v) is 9.57. The maximum Gasteiger partial charge on any atom is 0.243 e. The van der Waals surface area contributed by atoms with E-state index >= 15 is 0 Å². The number of carbonyl (C=O) groups excluding carboxylic acids is 2. The Labute approximate surface area is 186 Å². The molecule has 0 saturated carbocycles. The van der Waals surface area contributed by atoms with Crippen molar-refractivity contribution in [2.24, 2.45) is 0 Å². The van der Waals surface area contributed by atoms with E-state index in [0.29, 0.717) is 10.0 Å². The zero-order valence-corrected chi connectivity index (χ0v) is 19.1. The molecule has 30 heavy (non-hydrogen) atoms. The predicted molar refractivity (Wildman–Crippen MR) is 117 cm³/mol. The highest BCUT2D eigenvalue weighted by molar-refractivity contribution is 7.89. The van der Waals surface area contributed by atoms with Gasteiger partial charge in [-0.15, -0.1) is 0 Å². The maximum absolute atomic E-state index is 13.0. The third kappa shape index (κ3) is 5.95. The Kier molecular flexibility index (Phi) is 8.25. The highest BCUT2D eigenvalue weighted by Crippen LogP contribution is 2.19. The molecular formula is C20H23Cl2N3O4S. The monoisotopic (exact) mass is 471 g/mol. The van der Waals surface area contributed by atoms with Crippen molar-refractivity contribution in [3.05, 3.63) is 64.1 Å². The van der Waals surface area contributed by atoms with Gasteiger partial charge in [0, 0.05) is 30.7 Å². The molecule has 0 spiro atoms. The lowest BCUT2D eigenvalue weighted by Gasteiger charge is -2.30. The van der Waals surface area contributed by atoms with Crippen LogP contribution in [0, 0.1) is 0 Å². The highest BCUT2D eigenvalue weighted by atomic mass is 35.5. The van der Waals surface area contributed by atoms with E-state index in [1.165, 1.54) is 43.3 Å². The fraction of sp³-hybridized carbons (Fsp3) is 0.300. The quantitative estimate of drug-likeness (QED) is 0.640. The molecule has 162 valence electrons. The zero-order valence-electron chi connectivity index (χ0n) is 16.8. The van der Waals surface area contributed by atoms with E-state index in [9.17, 15) is 18.0 Å². The molecule has 0 fully saturated rings. The number of sulfonamides is 1. The van der Waals surface area contributed by atoms with E-state index in [2.05, 4.69) is 5.32 Å². The van der Waals surface area contributed by atoms with Gasteiger partial charge in [0.2, 0.25) is 21.8 Å². The van der Waals surface area contributed by atoms with Crippen LogP contribution in [-0.4, -0.2) is 56.1 Å². The van der Waals surface area contributed by atoms with Crippen LogP contribution in [0.15, 0.2) is 53.4 Å². The lowest BCUT2D eigenvalue weighted by Crippen LogP contribution is -2.50. The number of nitrogens with one attached hydrogen (secondary N) is 1. The van der Waals surface area contributed by atoms with Crippen LogP contribution >= 0.6 is 23.2 Å². The Balaban J connectivity index is 2.26. The third-order valence-corrected chi connectivity index (χ3v) is 6.84. The molecule has 0 aromatic heterocycles. The van der Waals surface area contributed by atoms with Crippen LogP contribution in [0.25, 0.3) is 0 Å². The van der Waals surface area contributed by atoms with Crippen molar-refractivity contribution in [2.75, 3.05) is 20.6 Å². The van der Waals surface area contributed by atoms with E-state index < -0.39 is 28.5 Å². The van der Waals surface area contributed by atoms with Crippen LogP contribution in [0.1, 0.15) is 12.5 Å². The largest absolute Gasteiger partial charge is 0.357 e. The number of carbonyl (C=O) groups is 2. The molecule has 0 heterocycles. The predicted octanol–water partition coefficient (Wildman–Crippen LogP) is 2.78. The van der Waals surface area contributed by atoms with Gasteiger partial charge in [-0.2, -0.15) is 4.31 Å². The molecule has 7 nitrogen and oxygen atoms in total. The molecule has 0 bridgehead atoms. The van der Waals surface area contributed by atoms with Crippen molar-refractivity contribution >= 4 is 45.0 Å². The summed E-state index contributed by atoms with van der Waals surface area (Å²) in [6, 6.07) is 11.8. The number of halogens is 2. The molecule has 10 heteroatoms. The van der Waals surface area contributed by atoms with Crippen LogP contribution in [0.2, 0.25) is 10.0 Å². The van der Waals surface area contributed by atoms with Crippen LogP contribution in [0.3, 0.4) is 0 Å². The molecule has 2 rings (SSSR count). The molecular weight excluding hydrogens is 449 g/mol. The van der Waals surface area contributed by atoms with Crippen LogP contribution in [0.5, 0.6) is 0 Å². The van der Waals surface area contributed by atoms with Crippen LogP contribution in [0.4, 0.5) is 0 Å². The van der Waals surface area contributed by atoms with Crippen molar-refractivity contribution in [1.29, 1.82) is 0 Å². The normalized spacial score (nSPS) is 12.5. The first-order valence-electron chi connectivity index (χ1n) is 9.03. The average Bonchev–Trinajstić information content (AvgIpc) is 2.71. The Bertz CT molecular complexity index is 1010. The molecule has 0 aliphatic carbocycles. The number of hydrogen-bond acceptors (Lipinski definition) is 4. The average molecular weight is 472 g/mol. The minimum absolute atomic E-state index is 0.0166. The second-order valence-electron chi connectivity index (χ2n) is 6.66. The van der Waals surface area contributed by atoms with E-state index in [-0.39, 0.29) is 17.3 Å². The Hall–Kier alpha value is -2.13. The standard InChI is InChI=1S/C20H23Cl2N3O4S/c1-14(20(27)23-2)25(12-15-5-4-6-17(22)11-15)19(26)13-24(3)30(28,29)18-9-7-16(21)8-10-18/h4-11,14H,12-13H2,1-3H3,(H,23,27)/t14-/m0/s1. The highest BCUT2D eigenvalue weighted by Gasteiger charge is 2.29. The topological polar surface area (TPSA) is 86.8 Å². The lowest BCUT2D eigenvalue weighted by atomic mass is 10.1. The third-order valence-electron chi connectivity index (χ3n) is 4.54. The van der Waals surface area contributed by atoms with E-state index in [4.69, 9.17) is 23.2 Å². The molecule has 0 aliphatic rings. The Morgan fingerprint density at radius 1 is 1.07 bits per heavy atom. The first-order valence-corrected chi connectivity index (χ1v) is 11.2. The van der Waals surface area contributed by atoms with Gasteiger partial charge in [0.05, 0.1) is 11.4 Å². The summed E-state index contributed by atoms with van der Waals surface area (Å²) in [6.07, 6.45) is 0. The summed E-state index contributed by atoms with van der Waals surface area (Å²) in [6.45, 7) is 1.24. The van der Waals surface area contributed by atoms with Crippen molar-refractivity contribution < 1.29 is 18.0 Å². The second kappa shape index (κ2) is 10.3. The molecule has 2 aromatic carbocycles. The molecule has 1 atom stereocenters. The summed E-state index contributed by atoms with van der Waals surface area (Å²) in [7, 11) is -1.13. The van der Waals surface area contributed by atoms with Crippen molar-refractivity contribution in [3.63, 3.8) is 0 Å². The van der Waals surface area contributed by atoms with Gasteiger partial charge in [-0.3, -0.25) is 9.59 Å². The maximum atomic E-state index is 13.0. The molecule has 1 N–H and O–H groups in total. The van der Waals surface area contributed by atoms with E-state index in [0.717, 1.165) is 9.87 Å². The van der Waals surface area contributed by atoms with Crippen molar-refractivity contribution in [3.8, 4) is 0 Å². The minimum atomic E-state index is -3.91. The van der Waals surface area contributed by atoms with Gasteiger partial charge in [-0.1, -0.05) is 35.3 Å². The summed E-state index contributed by atoms with van der Waals surface area (Å²) < 4.78 is 26.5.